The molecule has 1 N–H and O–H groups in total. The number of sulfone groups is 1. The van der Waals surface area contributed by atoms with Gasteiger partial charge in [0.2, 0.25) is 0 Å². The van der Waals surface area contributed by atoms with Gasteiger partial charge in [-0.2, -0.15) is 0 Å². The van der Waals surface area contributed by atoms with E-state index >= 15 is 0 Å². The number of carbonyl (C=O) groups is 1. The van der Waals surface area contributed by atoms with E-state index < -0.39 is 21.6 Å². The van der Waals surface area contributed by atoms with Gasteiger partial charge in [-0.3, -0.25) is 4.79 Å². The molecule has 0 aliphatic heterocycles. The summed E-state index contributed by atoms with van der Waals surface area (Å²) in [6.07, 6.45) is 1.08. The molecule has 0 spiro atoms. The van der Waals surface area contributed by atoms with E-state index in [0.29, 0.717) is 11.3 Å². The number of nitrogens with one attached hydrogen (secondary N) is 1. The molecule has 0 aromatic heterocycles. The van der Waals surface area contributed by atoms with Crippen LogP contribution in [0.15, 0.2) is 47.4 Å². The maximum absolute atomic E-state index is 12.8. The fourth-order valence-corrected chi connectivity index (χ4v) is 2.46. The molecular weight excluding hydrogens is 293 g/mol. The monoisotopic (exact) mass is 307 g/mol. The lowest BCUT2D eigenvalue weighted by atomic mass is 10.1. The summed E-state index contributed by atoms with van der Waals surface area (Å²) in [6.45, 7) is 1.71. The molecule has 0 radical (unpaired) electrons. The Labute approximate surface area is 122 Å². The van der Waals surface area contributed by atoms with Crippen LogP contribution in [0.25, 0.3) is 0 Å². The lowest BCUT2D eigenvalue weighted by Gasteiger charge is -2.09. The quantitative estimate of drug-likeness (QED) is 0.948. The first-order valence-electron chi connectivity index (χ1n) is 6.15. The Morgan fingerprint density at radius 1 is 1.10 bits per heavy atom. The molecule has 0 saturated carbocycles. The van der Waals surface area contributed by atoms with Crippen molar-refractivity contribution in [3.05, 3.63) is 59.4 Å². The van der Waals surface area contributed by atoms with Gasteiger partial charge < -0.3 is 5.32 Å². The van der Waals surface area contributed by atoms with Crippen molar-refractivity contribution in [1.29, 1.82) is 0 Å². The van der Waals surface area contributed by atoms with Gasteiger partial charge in [0.1, 0.15) is 5.82 Å². The molecule has 2 rings (SSSR count). The van der Waals surface area contributed by atoms with E-state index in [9.17, 15) is 17.6 Å². The van der Waals surface area contributed by atoms with Gasteiger partial charge in [-0.25, -0.2) is 12.8 Å². The van der Waals surface area contributed by atoms with Crippen LogP contribution < -0.4 is 5.32 Å². The van der Waals surface area contributed by atoms with Gasteiger partial charge in [0.15, 0.2) is 9.84 Å². The molecule has 110 valence electrons. The molecule has 21 heavy (non-hydrogen) atoms. The summed E-state index contributed by atoms with van der Waals surface area (Å²) in [7, 11) is -3.38. The maximum atomic E-state index is 12.8. The second kappa shape index (κ2) is 5.65. The molecule has 0 fully saturated rings. The molecule has 0 aliphatic rings. The first kappa shape index (κ1) is 15.2. The lowest BCUT2D eigenvalue weighted by Crippen LogP contribution is -2.14. The average Bonchev–Trinajstić information content (AvgIpc) is 2.40. The van der Waals surface area contributed by atoms with E-state index in [0.717, 1.165) is 6.26 Å². The Hall–Kier alpha value is -2.21. The molecular formula is C15H14FNO3S. The van der Waals surface area contributed by atoms with E-state index in [2.05, 4.69) is 5.32 Å². The molecule has 2 aromatic rings. The van der Waals surface area contributed by atoms with Gasteiger partial charge in [-0.05, 0) is 48.9 Å². The molecule has 6 heteroatoms. The van der Waals surface area contributed by atoms with Crippen molar-refractivity contribution in [1.82, 2.24) is 0 Å². The van der Waals surface area contributed by atoms with Gasteiger partial charge in [0.25, 0.3) is 5.91 Å². The second-order valence-electron chi connectivity index (χ2n) is 4.71. The normalized spacial score (nSPS) is 11.2. The molecule has 2 aromatic carbocycles. The van der Waals surface area contributed by atoms with Crippen LogP contribution in [0.2, 0.25) is 0 Å². The van der Waals surface area contributed by atoms with Crippen LogP contribution in [0.3, 0.4) is 0 Å². The third-order valence-electron chi connectivity index (χ3n) is 2.98. The number of rotatable bonds is 3. The van der Waals surface area contributed by atoms with Crippen molar-refractivity contribution in [2.45, 2.75) is 11.8 Å². The smallest absolute Gasteiger partial charge is 0.255 e. The number of aryl methyl sites for hydroxylation is 1. The predicted molar refractivity (Wildman–Crippen MR) is 78.6 cm³/mol. The molecule has 0 bridgehead atoms. The number of amides is 1. The third-order valence-corrected chi connectivity index (χ3v) is 4.09. The van der Waals surface area contributed by atoms with Crippen molar-refractivity contribution in [2.24, 2.45) is 0 Å². The van der Waals surface area contributed by atoms with Crippen molar-refractivity contribution < 1.29 is 17.6 Å². The van der Waals surface area contributed by atoms with Crippen LogP contribution in [0.1, 0.15) is 15.9 Å². The fourth-order valence-electron chi connectivity index (χ4n) is 1.81. The van der Waals surface area contributed by atoms with Gasteiger partial charge in [0.05, 0.1) is 4.90 Å². The van der Waals surface area contributed by atoms with Crippen molar-refractivity contribution in [2.75, 3.05) is 11.6 Å². The molecule has 4 nitrogen and oxygen atoms in total. The Morgan fingerprint density at radius 2 is 1.71 bits per heavy atom. The average molecular weight is 307 g/mol. The van der Waals surface area contributed by atoms with Crippen LogP contribution in [0, 0.1) is 12.7 Å². The van der Waals surface area contributed by atoms with E-state index in [4.69, 9.17) is 0 Å². The van der Waals surface area contributed by atoms with Crippen LogP contribution in [0.4, 0.5) is 10.1 Å². The highest BCUT2D eigenvalue weighted by Gasteiger charge is 2.14. The molecule has 1 amide bonds. The third kappa shape index (κ3) is 3.66. The van der Waals surface area contributed by atoms with E-state index in [-0.39, 0.29) is 10.5 Å². The highest BCUT2D eigenvalue weighted by Crippen LogP contribution is 2.17. The summed E-state index contributed by atoms with van der Waals surface area (Å²) in [5, 5.41) is 2.60. The van der Waals surface area contributed by atoms with Crippen molar-refractivity contribution in [3.63, 3.8) is 0 Å². The predicted octanol–water partition coefficient (Wildman–Crippen LogP) is 2.79. The molecule has 0 unspecified atom stereocenters. The Kier molecular flexibility index (Phi) is 4.09. The van der Waals surface area contributed by atoms with Gasteiger partial charge in [-0.1, -0.05) is 6.07 Å². The Morgan fingerprint density at radius 3 is 2.29 bits per heavy atom. The molecule has 0 atom stereocenters. The first-order valence-corrected chi connectivity index (χ1v) is 8.04. The van der Waals surface area contributed by atoms with Gasteiger partial charge >= 0.3 is 0 Å². The van der Waals surface area contributed by atoms with Crippen LogP contribution in [-0.4, -0.2) is 20.6 Å². The largest absolute Gasteiger partial charge is 0.322 e. The zero-order valence-corrected chi connectivity index (χ0v) is 12.4. The number of benzene rings is 2. The minimum atomic E-state index is -3.38. The molecule has 0 saturated heterocycles. The molecule has 0 heterocycles. The molecule has 0 aliphatic carbocycles. The topological polar surface area (TPSA) is 63.2 Å². The van der Waals surface area contributed by atoms with Crippen LogP contribution >= 0.6 is 0 Å². The van der Waals surface area contributed by atoms with E-state index in [1.54, 1.807) is 13.0 Å². The minimum Gasteiger partial charge on any atom is -0.322 e. The summed E-state index contributed by atoms with van der Waals surface area (Å²) in [5.74, 6) is -0.840. The van der Waals surface area contributed by atoms with Crippen molar-refractivity contribution >= 4 is 21.4 Å². The van der Waals surface area contributed by atoms with Gasteiger partial charge in [-0.15, -0.1) is 0 Å². The number of anilines is 1. The summed E-state index contributed by atoms with van der Waals surface area (Å²) in [4.78, 5) is 12.3. The minimum absolute atomic E-state index is 0.0809. The SMILES string of the molecule is Cc1ccc(S(C)(=O)=O)cc1C(=O)Nc1ccc(F)cc1. The number of carbonyl (C=O) groups excluding carboxylic acids is 1. The van der Waals surface area contributed by atoms with E-state index in [1.165, 1.54) is 36.4 Å². The highest BCUT2D eigenvalue weighted by atomic mass is 32.2. The zero-order valence-electron chi connectivity index (χ0n) is 11.6. The Balaban J connectivity index is 2.32. The Bertz CT molecular complexity index is 783. The summed E-state index contributed by atoms with van der Waals surface area (Å²) < 4.78 is 35.9. The van der Waals surface area contributed by atoms with Crippen LogP contribution in [-0.2, 0) is 9.84 Å². The van der Waals surface area contributed by atoms with Crippen molar-refractivity contribution in [3.8, 4) is 0 Å². The second-order valence-corrected chi connectivity index (χ2v) is 6.73. The van der Waals surface area contributed by atoms with Crippen LogP contribution in [0.5, 0.6) is 0 Å². The number of hydrogen-bond donors (Lipinski definition) is 1. The fraction of sp³-hybridized carbons (Fsp3) is 0.133. The standard InChI is InChI=1S/C15H14FNO3S/c1-10-3-8-13(21(2,19)20)9-14(10)15(18)17-12-6-4-11(16)5-7-12/h3-9H,1-2H3,(H,17,18). The maximum Gasteiger partial charge on any atom is 0.255 e. The van der Waals surface area contributed by atoms with E-state index in [1.807, 2.05) is 0 Å². The zero-order chi connectivity index (χ0) is 15.6. The summed E-state index contributed by atoms with van der Waals surface area (Å²) in [5.41, 5.74) is 1.36. The highest BCUT2D eigenvalue weighted by molar-refractivity contribution is 7.90. The summed E-state index contributed by atoms with van der Waals surface area (Å²) >= 11 is 0. The first-order chi connectivity index (χ1) is 9.77. The number of hydrogen-bond acceptors (Lipinski definition) is 3. The summed E-state index contributed by atoms with van der Waals surface area (Å²) in [6, 6.07) is 9.70. The van der Waals surface area contributed by atoms with Gasteiger partial charge in [0, 0.05) is 17.5 Å². The number of halogens is 1. The lowest BCUT2D eigenvalue weighted by molar-refractivity contribution is 0.102.